The molecule has 0 aromatic rings. The molecule has 1 atom stereocenters. The molecule has 0 radical (unpaired) electrons. The van der Waals surface area contributed by atoms with Crippen LogP contribution in [0.25, 0.3) is 0 Å². The summed E-state index contributed by atoms with van der Waals surface area (Å²) in [5.74, 6) is 0. The second-order valence-corrected chi connectivity index (χ2v) is 4.32. The van der Waals surface area contributed by atoms with Crippen LogP contribution < -0.4 is 10.6 Å². The lowest BCUT2D eigenvalue weighted by Gasteiger charge is -2.20. The highest BCUT2D eigenvalue weighted by molar-refractivity contribution is 7.80. The molecular weight excluding hydrogens is 210 g/mol. The Bertz CT molecular complexity index is 176. The number of thiocarbonyl (C=S) groups is 1. The second-order valence-electron chi connectivity index (χ2n) is 3.91. The Morgan fingerprint density at radius 1 is 1.47 bits per heavy atom. The predicted molar refractivity (Wildman–Crippen MR) is 68.2 cm³/mol. The van der Waals surface area contributed by atoms with Crippen molar-refractivity contribution in [2.24, 2.45) is 0 Å². The third-order valence-electron chi connectivity index (χ3n) is 1.83. The van der Waals surface area contributed by atoms with Gasteiger partial charge in [-0.25, -0.2) is 0 Å². The largest absolute Gasteiger partial charge is 0.385 e. The van der Waals surface area contributed by atoms with Crippen molar-refractivity contribution in [3.05, 3.63) is 0 Å². The van der Waals surface area contributed by atoms with E-state index in [0.717, 1.165) is 31.2 Å². The van der Waals surface area contributed by atoms with E-state index in [4.69, 9.17) is 17.0 Å². The first kappa shape index (κ1) is 14.6. The minimum atomic E-state index is 0.363. The van der Waals surface area contributed by atoms with Crippen LogP contribution in [0.2, 0.25) is 0 Å². The Hall–Kier alpha value is -0.390. The Morgan fingerprint density at radius 3 is 2.67 bits per heavy atom. The Labute approximate surface area is 98.4 Å². The Kier molecular flexibility index (Phi) is 8.65. The van der Waals surface area contributed by atoms with E-state index in [2.05, 4.69) is 22.5 Å². The maximum absolute atomic E-state index is 5.15. The standard InChI is InChI=1S/C10H23N3OS/c1-9(8-13(2)3)12-10(15)11-6-5-7-14-4/h9H,5-8H2,1-4H3,(H2,11,12,15). The zero-order chi connectivity index (χ0) is 11.7. The molecule has 2 N–H and O–H groups in total. The van der Waals surface area contributed by atoms with Crippen LogP contribution in [-0.4, -0.2) is 57.0 Å². The lowest BCUT2D eigenvalue weighted by atomic mass is 10.3. The molecule has 0 saturated heterocycles. The fraction of sp³-hybridized carbons (Fsp3) is 0.900. The molecule has 0 aliphatic carbocycles. The molecule has 0 aliphatic rings. The van der Waals surface area contributed by atoms with Crippen molar-refractivity contribution >= 4 is 17.3 Å². The molecule has 0 saturated carbocycles. The maximum Gasteiger partial charge on any atom is 0.166 e. The average molecular weight is 233 g/mol. The topological polar surface area (TPSA) is 36.5 Å². The van der Waals surface area contributed by atoms with Gasteiger partial charge in [0.2, 0.25) is 0 Å². The highest BCUT2D eigenvalue weighted by Gasteiger charge is 2.04. The smallest absolute Gasteiger partial charge is 0.166 e. The lowest BCUT2D eigenvalue weighted by Crippen LogP contribution is -2.44. The van der Waals surface area contributed by atoms with Crippen molar-refractivity contribution < 1.29 is 4.74 Å². The van der Waals surface area contributed by atoms with E-state index in [-0.39, 0.29) is 0 Å². The molecule has 1 unspecified atom stereocenters. The van der Waals surface area contributed by atoms with Gasteiger partial charge in [-0.1, -0.05) is 0 Å². The van der Waals surface area contributed by atoms with Gasteiger partial charge in [-0.05, 0) is 39.7 Å². The monoisotopic (exact) mass is 233 g/mol. The van der Waals surface area contributed by atoms with Crippen LogP contribution in [-0.2, 0) is 4.74 Å². The second kappa shape index (κ2) is 8.88. The molecule has 0 spiro atoms. The van der Waals surface area contributed by atoms with Crippen LogP contribution in [0, 0.1) is 0 Å². The summed E-state index contributed by atoms with van der Waals surface area (Å²) in [6.45, 7) is 4.71. The van der Waals surface area contributed by atoms with Crippen molar-refractivity contribution in [3.63, 3.8) is 0 Å². The molecule has 4 nitrogen and oxygen atoms in total. The van der Waals surface area contributed by atoms with Gasteiger partial charge in [0, 0.05) is 32.8 Å². The molecule has 0 amide bonds. The average Bonchev–Trinajstić information content (AvgIpc) is 2.10. The summed E-state index contributed by atoms with van der Waals surface area (Å²) >= 11 is 5.15. The van der Waals surface area contributed by atoms with Gasteiger partial charge in [-0.15, -0.1) is 0 Å². The minimum Gasteiger partial charge on any atom is -0.385 e. The number of rotatable bonds is 7. The third-order valence-corrected chi connectivity index (χ3v) is 2.09. The fourth-order valence-electron chi connectivity index (χ4n) is 1.29. The van der Waals surface area contributed by atoms with E-state index < -0.39 is 0 Å². The summed E-state index contributed by atoms with van der Waals surface area (Å²) in [7, 11) is 5.80. The van der Waals surface area contributed by atoms with Crippen molar-refractivity contribution in [1.82, 2.24) is 15.5 Å². The first-order valence-corrected chi connectivity index (χ1v) is 5.65. The number of ether oxygens (including phenoxy) is 1. The van der Waals surface area contributed by atoms with E-state index in [1.807, 2.05) is 14.1 Å². The molecule has 15 heavy (non-hydrogen) atoms. The van der Waals surface area contributed by atoms with Gasteiger partial charge in [-0.2, -0.15) is 0 Å². The molecule has 0 heterocycles. The van der Waals surface area contributed by atoms with E-state index >= 15 is 0 Å². The van der Waals surface area contributed by atoms with Crippen LogP contribution in [0.15, 0.2) is 0 Å². The normalized spacial score (nSPS) is 12.6. The Morgan fingerprint density at radius 2 is 2.13 bits per heavy atom. The van der Waals surface area contributed by atoms with Gasteiger partial charge in [0.15, 0.2) is 5.11 Å². The van der Waals surface area contributed by atoms with Gasteiger partial charge in [0.25, 0.3) is 0 Å². The molecule has 0 aromatic carbocycles. The molecule has 90 valence electrons. The number of nitrogens with one attached hydrogen (secondary N) is 2. The fourth-order valence-corrected chi connectivity index (χ4v) is 1.59. The first-order chi connectivity index (χ1) is 7.06. The van der Waals surface area contributed by atoms with E-state index in [1.165, 1.54) is 0 Å². The van der Waals surface area contributed by atoms with Gasteiger partial charge < -0.3 is 20.3 Å². The molecular formula is C10H23N3OS. The van der Waals surface area contributed by atoms with Gasteiger partial charge >= 0.3 is 0 Å². The van der Waals surface area contributed by atoms with Crippen LogP contribution in [0.1, 0.15) is 13.3 Å². The van der Waals surface area contributed by atoms with Crippen molar-refractivity contribution in [2.75, 3.05) is 40.9 Å². The molecule has 0 bridgehead atoms. The molecule has 0 aromatic heterocycles. The third kappa shape index (κ3) is 9.90. The SMILES string of the molecule is COCCCNC(=S)NC(C)CN(C)C. The summed E-state index contributed by atoms with van der Waals surface area (Å²) < 4.78 is 4.95. The number of likely N-dealkylation sites (N-methyl/N-ethyl adjacent to an activating group) is 1. The van der Waals surface area contributed by atoms with Crippen molar-refractivity contribution in [2.45, 2.75) is 19.4 Å². The van der Waals surface area contributed by atoms with Crippen LogP contribution in [0.3, 0.4) is 0 Å². The zero-order valence-corrected chi connectivity index (χ0v) is 11.0. The van der Waals surface area contributed by atoms with E-state index in [1.54, 1.807) is 7.11 Å². The van der Waals surface area contributed by atoms with E-state index in [9.17, 15) is 0 Å². The summed E-state index contributed by atoms with van der Waals surface area (Å²) in [4.78, 5) is 2.13. The van der Waals surface area contributed by atoms with Crippen LogP contribution in [0.4, 0.5) is 0 Å². The lowest BCUT2D eigenvalue weighted by molar-refractivity contribution is 0.195. The number of nitrogens with zero attached hydrogens (tertiary/aromatic N) is 1. The van der Waals surface area contributed by atoms with Crippen molar-refractivity contribution in [3.8, 4) is 0 Å². The highest BCUT2D eigenvalue weighted by atomic mass is 32.1. The van der Waals surface area contributed by atoms with Gasteiger partial charge in [0.05, 0.1) is 0 Å². The number of hydrogen-bond acceptors (Lipinski definition) is 3. The molecule has 0 rings (SSSR count). The zero-order valence-electron chi connectivity index (χ0n) is 10.2. The molecule has 5 heteroatoms. The van der Waals surface area contributed by atoms with Gasteiger partial charge in [-0.3, -0.25) is 0 Å². The summed E-state index contributed by atoms with van der Waals surface area (Å²) in [5, 5.41) is 7.09. The summed E-state index contributed by atoms with van der Waals surface area (Å²) in [5.41, 5.74) is 0. The van der Waals surface area contributed by atoms with Crippen LogP contribution >= 0.6 is 12.2 Å². The number of hydrogen-bond donors (Lipinski definition) is 2. The summed E-state index contributed by atoms with van der Waals surface area (Å²) in [6, 6.07) is 0.363. The predicted octanol–water partition coefficient (Wildman–Crippen LogP) is 0.437. The highest BCUT2D eigenvalue weighted by Crippen LogP contribution is 1.85. The molecule has 0 fully saturated rings. The Balaban J connectivity index is 3.47. The minimum absolute atomic E-state index is 0.363. The molecule has 0 aliphatic heterocycles. The first-order valence-electron chi connectivity index (χ1n) is 5.24. The van der Waals surface area contributed by atoms with Crippen molar-refractivity contribution in [1.29, 1.82) is 0 Å². The van der Waals surface area contributed by atoms with Gasteiger partial charge in [0.1, 0.15) is 0 Å². The van der Waals surface area contributed by atoms with E-state index in [0.29, 0.717) is 6.04 Å². The quantitative estimate of drug-likeness (QED) is 0.493. The maximum atomic E-state index is 5.15. The summed E-state index contributed by atoms with van der Waals surface area (Å²) in [6.07, 6.45) is 0.973. The van der Waals surface area contributed by atoms with Crippen LogP contribution in [0.5, 0.6) is 0 Å². The number of methoxy groups -OCH3 is 1.